The number of aromatic nitrogens is 3. The average molecular weight is 355 g/mol. The van der Waals surface area contributed by atoms with Crippen molar-refractivity contribution in [2.45, 2.75) is 26.4 Å². The van der Waals surface area contributed by atoms with Gasteiger partial charge in [0.05, 0.1) is 24.5 Å². The van der Waals surface area contributed by atoms with Gasteiger partial charge in [-0.25, -0.2) is 4.68 Å². The lowest BCUT2D eigenvalue weighted by Crippen LogP contribution is -2.26. The molecule has 1 aliphatic heterocycles. The molecule has 1 aromatic carbocycles. The molecule has 25 heavy (non-hydrogen) atoms. The molecule has 1 amide bonds. The van der Waals surface area contributed by atoms with Gasteiger partial charge in [0.25, 0.3) is 0 Å². The Balaban J connectivity index is 1.79. The van der Waals surface area contributed by atoms with Gasteiger partial charge in [-0.2, -0.15) is 5.10 Å². The Bertz CT molecular complexity index is 914. The lowest BCUT2D eigenvalue weighted by molar-refractivity contribution is -0.131. The number of fused-ring (bicyclic) bond motifs is 1. The minimum absolute atomic E-state index is 0.0774. The number of alkyl halides is 1. The van der Waals surface area contributed by atoms with Crippen molar-refractivity contribution in [1.29, 1.82) is 0 Å². The van der Waals surface area contributed by atoms with Crippen LogP contribution in [0.1, 0.15) is 23.2 Å². The molecular weight excluding hydrogens is 336 g/mol. The van der Waals surface area contributed by atoms with Gasteiger partial charge in [-0.05, 0) is 36.8 Å². The quantitative estimate of drug-likeness (QED) is 0.673. The summed E-state index contributed by atoms with van der Waals surface area (Å²) in [6.07, 6.45) is 4.38. The number of carbonyl (C=O) groups excluding carboxylic acids is 1. The van der Waals surface area contributed by atoms with E-state index in [1.165, 1.54) is 5.56 Å². The predicted molar refractivity (Wildman–Crippen MR) is 97.2 cm³/mol. The van der Waals surface area contributed by atoms with Crippen molar-refractivity contribution in [3.05, 3.63) is 65.6 Å². The van der Waals surface area contributed by atoms with Crippen LogP contribution in [-0.2, 0) is 17.9 Å². The first-order valence-corrected chi connectivity index (χ1v) is 8.85. The zero-order valence-electron chi connectivity index (χ0n) is 14.0. The SMILES string of the molecule is Cc1cccc(-n2nc3c(c2-n2cccc2)CN(C(=O)CCCl)C3)c1. The molecule has 0 aliphatic carbocycles. The highest BCUT2D eigenvalue weighted by Gasteiger charge is 2.30. The zero-order chi connectivity index (χ0) is 17.4. The number of hydrogen-bond donors (Lipinski definition) is 0. The second kappa shape index (κ2) is 6.41. The fourth-order valence-electron chi connectivity index (χ4n) is 3.30. The fraction of sp³-hybridized carbons (Fsp3) is 0.263. The van der Waals surface area contributed by atoms with Crippen LogP contribution in [0.3, 0.4) is 0 Å². The maximum Gasteiger partial charge on any atom is 0.224 e. The first-order chi connectivity index (χ1) is 12.2. The summed E-state index contributed by atoms with van der Waals surface area (Å²) in [5, 5.41) is 4.82. The van der Waals surface area contributed by atoms with E-state index < -0.39 is 0 Å². The van der Waals surface area contributed by atoms with E-state index in [-0.39, 0.29) is 5.91 Å². The summed E-state index contributed by atoms with van der Waals surface area (Å²) in [7, 11) is 0. The molecule has 0 saturated heterocycles. The van der Waals surface area contributed by atoms with Gasteiger partial charge >= 0.3 is 0 Å². The van der Waals surface area contributed by atoms with Crippen molar-refractivity contribution < 1.29 is 4.79 Å². The van der Waals surface area contributed by atoms with E-state index in [2.05, 4.69) is 29.7 Å². The number of nitrogens with zero attached hydrogens (tertiary/aromatic N) is 4. The molecule has 6 heteroatoms. The van der Waals surface area contributed by atoms with Crippen LogP contribution in [0.4, 0.5) is 0 Å². The summed E-state index contributed by atoms with van der Waals surface area (Å²) in [5.41, 5.74) is 4.26. The van der Waals surface area contributed by atoms with E-state index in [1.807, 2.05) is 40.2 Å². The minimum atomic E-state index is 0.0774. The molecule has 0 radical (unpaired) electrons. The minimum Gasteiger partial charge on any atom is -0.332 e. The first kappa shape index (κ1) is 16.0. The number of halogens is 1. The highest BCUT2D eigenvalue weighted by atomic mass is 35.5. The van der Waals surface area contributed by atoms with Crippen LogP contribution in [0.25, 0.3) is 11.5 Å². The normalized spacial score (nSPS) is 13.3. The molecule has 3 heterocycles. The van der Waals surface area contributed by atoms with Gasteiger partial charge in [0, 0.05) is 30.3 Å². The number of hydrogen-bond acceptors (Lipinski definition) is 2. The van der Waals surface area contributed by atoms with Gasteiger partial charge in [0.15, 0.2) is 0 Å². The van der Waals surface area contributed by atoms with E-state index in [4.69, 9.17) is 16.7 Å². The summed E-state index contributed by atoms with van der Waals surface area (Å²) in [6, 6.07) is 12.3. The fourth-order valence-corrected chi connectivity index (χ4v) is 3.46. The largest absolute Gasteiger partial charge is 0.332 e. The van der Waals surface area contributed by atoms with E-state index in [9.17, 15) is 4.79 Å². The summed E-state index contributed by atoms with van der Waals surface area (Å²) < 4.78 is 4.03. The Labute approximate surface area is 151 Å². The second-order valence-corrected chi connectivity index (χ2v) is 6.66. The van der Waals surface area contributed by atoms with Crippen molar-refractivity contribution in [2.24, 2.45) is 0 Å². The van der Waals surface area contributed by atoms with E-state index >= 15 is 0 Å². The maximum absolute atomic E-state index is 12.2. The van der Waals surface area contributed by atoms with Crippen molar-refractivity contribution in [2.75, 3.05) is 5.88 Å². The smallest absolute Gasteiger partial charge is 0.224 e. The Morgan fingerprint density at radius 1 is 1.20 bits per heavy atom. The monoisotopic (exact) mass is 354 g/mol. The Morgan fingerprint density at radius 3 is 2.72 bits per heavy atom. The summed E-state index contributed by atoms with van der Waals surface area (Å²) in [6.45, 7) is 3.19. The lowest BCUT2D eigenvalue weighted by Gasteiger charge is -2.17. The van der Waals surface area contributed by atoms with Crippen LogP contribution in [-0.4, -0.2) is 31.0 Å². The van der Waals surface area contributed by atoms with Crippen LogP contribution in [0, 0.1) is 6.92 Å². The van der Waals surface area contributed by atoms with Crippen LogP contribution in [0.15, 0.2) is 48.8 Å². The molecule has 0 bridgehead atoms. The van der Waals surface area contributed by atoms with Crippen molar-refractivity contribution >= 4 is 17.5 Å². The summed E-state index contributed by atoms with van der Waals surface area (Å²) in [4.78, 5) is 14.0. The zero-order valence-corrected chi connectivity index (χ0v) is 14.8. The summed E-state index contributed by atoms with van der Waals surface area (Å²) >= 11 is 5.72. The Kier molecular flexibility index (Phi) is 4.09. The molecule has 128 valence electrons. The van der Waals surface area contributed by atoms with Gasteiger partial charge in [0.1, 0.15) is 5.82 Å². The second-order valence-electron chi connectivity index (χ2n) is 6.28. The molecule has 0 atom stereocenters. The Morgan fingerprint density at radius 2 is 2.00 bits per heavy atom. The van der Waals surface area contributed by atoms with Gasteiger partial charge in [-0.1, -0.05) is 12.1 Å². The first-order valence-electron chi connectivity index (χ1n) is 8.32. The molecule has 5 nitrogen and oxygen atoms in total. The molecule has 2 aromatic heterocycles. The molecule has 0 unspecified atom stereocenters. The standard InChI is InChI=1S/C19H19ClN4O/c1-14-5-4-6-15(11-14)24-19(22-9-2-3-10-22)16-12-23(13-17(16)21-24)18(25)7-8-20/h2-6,9-11H,7-8,12-13H2,1H3. The van der Waals surface area contributed by atoms with E-state index in [1.54, 1.807) is 0 Å². The molecular formula is C19H19ClN4O. The number of benzene rings is 1. The molecule has 0 N–H and O–H groups in total. The van der Waals surface area contributed by atoms with Crippen LogP contribution in [0.5, 0.6) is 0 Å². The molecule has 4 rings (SSSR count). The number of carbonyl (C=O) groups is 1. The van der Waals surface area contributed by atoms with Gasteiger partial charge < -0.3 is 9.47 Å². The lowest BCUT2D eigenvalue weighted by atomic mass is 10.2. The number of amides is 1. The van der Waals surface area contributed by atoms with Crippen LogP contribution < -0.4 is 0 Å². The van der Waals surface area contributed by atoms with E-state index in [0.29, 0.717) is 25.4 Å². The highest BCUT2D eigenvalue weighted by Crippen LogP contribution is 2.31. The highest BCUT2D eigenvalue weighted by molar-refractivity contribution is 6.18. The van der Waals surface area contributed by atoms with E-state index in [0.717, 1.165) is 22.8 Å². The third-order valence-electron chi connectivity index (χ3n) is 4.49. The third kappa shape index (κ3) is 2.85. The molecule has 0 saturated carbocycles. The van der Waals surface area contributed by atoms with Gasteiger partial charge in [-0.3, -0.25) is 4.79 Å². The van der Waals surface area contributed by atoms with Crippen LogP contribution in [0.2, 0.25) is 0 Å². The average Bonchev–Trinajstić information content (AvgIpc) is 3.30. The van der Waals surface area contributed by atoms with Gasteiger partial charge in [0.2, 0.25) is 5.91 Å². The topological polar surface area (TPSA) is 43.1 Å². The van der Waals surface area contributed by atoms with Crippen molar-refractivity contribution in [3.63, 3.8) is 0 Å². The predicted octanol–water partition coefficient (Wildman–Crippen LogP) is 3.44. The van der Waals surface area contributed by atoms with Crippen molar-refractivity contribution in [1.82, 2.24) is 19.2 Å². The number of aryl methyl sites for hydroxylation is 1. The maximum atomic E-state index is 12.2. The van der Waals surface area contributed by atoms with Crippen LogP contribution >= 0.6 is 11.6 Å². The number of rotatable bonds is 4. The van der Waals surface area contributed by atoms with Crippen molar-refractivity contribution in [3.8, 4) is 11.5 Å². The molecule has 1 aliphatic rings. The molecule has 0 spiro atoms. The third-order valence-corrected chi connectivity index (χ3v) is 4.67. The summed E-state index contributed by atoms with van der Waals surface area (Å²) in [5.74, 6) is 1.42. The van der Waals surface area contributed by atoms with Gasteiger partial charge in [-0.15, -0.1) is 11.6 Å². The molecule has 0 fully saturated rings. The Hall–Kier alpha value is -2.53. The molecule has 3 aromatic rings.